The van der Waals surface area contributed by atoms with Crippen LogP contribution < -0.4 is 0 Å². The highest BCUT2D eigenvalue weighted by Gasteiger charge is 2.54. The van der Waals surface area contributed by atoms with E-state index in [0.717, 1.165) is 0 Å². The van der Waals surface area contributed by atoms with E-state index in [1.54, 1.807) is 13.8 Å². The van der Waals surface area contributed by atoms with Crippen LogP contribution in [-0.4, -0.2) is 55.4 Å². The maximum atomic E-state index is 10.8. The SMILES string of the molecule is COC(=O)OC[C@H]1O[C@@H]2OC(C)(C)O[C@@H]2[C@@H]1O. The normalized spacial score (nSPS) is 38.8. The molecule has 2 saturated heterocycles. The number of fused-ring (bicyclic) bond motifs is 1. The predicted molar refractivity (Wildman–Crippen MR) is 53.1 cm³/mol. The van der Waals surface area contributed by atoms with Crippen LogP contribution in [0.15, 0.2) is 0 Å². The van der Waals surface area contributed by atoms with Crippen molar-refractivity contribution in [2.75, 3.05) is 13.7 Å². The van der Waals surface area contributed by atoms with Gasteiger partial charge in [0, 0.05) is 0 Å². The van der Waals surface area contributed by atoms with Gasteiger partial charge in [-0.05, 0) is 13.8 Å². The van der Waals surface area contributed by atoms with Crippen molar-refractivity contribution in [2.45, 2.75) is 44.2 Å². The molecule has 2 rings (SSSR count). The number of aliphatic hydroxyl groups excluding tert-OH is 1. The molecular formula is C10H16O7. The van der Waals surface area contributed by atoms with Gasteiger partial charge in [-0.2, -0.15) is 0 Å². The third kappa shape index (κ3) is 2.52. The van der Waals surface area contributed by atoms with E-state index < -0.39 is 36.5 Å². The summed E-state index contributed by atoms with van der Waals surface area (Å²) in [6.07, 6.45) is -3.57. The van der Waals surface area contributed by atoms with Crippen molar-refractivity contribution in [3.8, 4) is 0 Å². The fraction of sp³-hybridized carbons (Fsp3) is 0.900. The Hall–Kier alpha value is -0.890. The summed E-state index contributed by atoms with van der Waals surface area (Å²) in [5, 5.41) is 9.91. The van der Waals surface area contributed by atoms with E-state index in [9.17, 15) is 9.90 Å². The Kier molecular flexibility index (Phi) is 3.26. The zero-order valence-corrected chi connectivity index (χ0v) is 9.91. The minimum Gasteiger partial charge on any atom is -0.438 e. The number of carbonyl (C=O) groups is 1. The molecule has 0 aromatic heterocycles. The van der Waals surface area contributed by atoms with Crippen LogP contribution in [0, 0.1) is 0 Å². The zero-order valence-electron chi connectivity index (χ0n) is 9.91. The summed E-state index contributed by atoms with van der Waals surface area (Å²) in [7, 11) is 1.21. The van der Waals surface area contributed by atoms with Crippen molar-refractivity contribution in [2.24, 2.45) is 0 Å². The molecule has 0 aliphatic carbocycles. The summed E-state index contributed by atoms with van der Waals surface area (Å²) in [5.74, 6) is -0.773. The summed E-state index contributed by atoms with van der Waals surface area (Å²) in [6, 6.07) is 0. The van der Waals surface area contributed by atoms with Crippen molar-refractivity contribution in [1.82, 2.24) is 0 Å². The molecule has 0 unspecified atom stereocenters. The van der Waals surface area contributed by atoms with Crippen LogP contribution in [0.2, 0.25) is 0 Å². The predicted octanol–water partition coefficient (Wildman–Crippen LogP) is 0.00670. The molecule has 0 amide bonds. The van der Waals surface area contributed by atoms with E-state index in [1.165, 1.54) is 7.11 Å². The largest absolute Gasteiger partial charge is 0.508 e. The Bertz CT molecular complexity index is 303. The van der Waals surface area contributed by atoms with Gasteiger partial charge in [0.15, 0.2) is 12.1 Å². The van der Waals surface area contributed by atoms with Crippen LogP contribution in [0.5, 0.6) is 0 Å². The van der Waals surface area contributed by atoms with Crippen LogP contribution in [0.1, 0.15) is 13.8 Å². The van der Waals surface area contributed by atoms with Gasteiger partial charge in [-0.3, -0.25) is 0 Å². The molecule has 2 fully saturated rings. The monoisotopic (exact) mass is 248 g/mol. The Balaban J connectivity index is 1.87. The molecule has 1 N–H and O–H groups in total. The molecular weight excluding hydrogens is 232 g/mol. The Morgan fingerprint density at radius 3 is 2.71 bits per heavy atom. The Morgan fingerprint density at radius 2 is 2.12 bits per heavy atom. The number of hydrogen-bond acceptors (Lipinski definition) is 7. The standard InChI is InChI=1S/C10H16O7/c1-10(2)16-7-6(11)5(15-8(7)17-10)4-14-9(12)13-3/h5-8,11H,4H2,1-3H3/t5-,6-,7-,8-/m1/s1. The lowest BCUT2D eigenvalue weighted by Gasteiger charge is -2.22. The highest BCUT2D eigenvalue weighted by atomic mass is 16.8. The highest BCUT2D eigenvalue weighted by Crippen LogP contribution is 2.37. The lowest BCUT2D eigenvalue weighted by Crippen LogP contribution is -2.37. The van der Waals surface area contributed by atoms with Gasteiger partial charge in [0.05, 0.1) is 7.11 Å². The molecule has 0 saturated carbocycles. The van der Waals surface area contributed by atoms with Crippen LogP contribution in [-0.2, 0) is 23.7 Å². The first-order valence-electron chi connectivity index (χ1n) is 5.33. The molecule has 7 nitrogen and oxygen atoms in total. The molecule has 98 valence electrons. The number of ether oxygens (including phenoxy) is 5. The van der Waals surface area contributed by atoms with Crippen molar-refractivity contribution >= 4 is 6.16 Å². The number of hydrogen-bond donors (Lipinski definition) is 1. The summed E-state index contributed by atoms with van der Waals surface area (Å²) in [5.41, 5.74) is 0. The number of aliphatic hydroxyl groups is 1. The van der Waals surface area contributed by atoms with Gasteiger partial charge in [-0.15, -0.1) is 0 Å². The molecule has 2 aliphatic rings. The minimum atomic E-state index is -0.897. The lowest BCUT2D eigenvalue weighted by molar-refractivity contribution is -0.218. The van der Waals surface area contributed by atoms with E-state index in [4.69, 9.17) is 18.9 Å². The van der Waals surface area contributed by atoms with Gasteiger partial charge in [0.1, 0.15) is 24.9 Å². The second-order valence-corrected chi connectivity index (χ2v) is 4.40. The van der Waals surface area contributed by atoms with E-state index >= 15 is 0 Å². The quantitative estimate of drug-likeness (QED) is 0.689. The van der Waals surface area contributed by atoms with Gasteiger partial charge in [-0.1, -0.05) is 0 Å². The van der Waals surface area contributed by atoms with Gasteiger partial charge < -0.3 is 28.8 Å². The van der Waals surface area contributed by atoms with Crippen molar-refractivity contribution in [1.29, 1.82) is 0 Å². The average Bonchev–Trinajstić information content (AvgIpc) is 2.70. The fourth-order valence-corrected chi connectivity index (χ4v) is 1.91. The molecule has 0 aromatic rings. The van der Waals surface area contributed by atoms with Crippen LogP contribution in [0.4, 0.5) is 4.79 Å². The summed E-state index contributed by atoms with van der Waals surface area (Å²) in [4.78, 5) is 10.8. The summed E-state index contributed by atoms with van der Waals surface area (Å²) >= 11 is 0. The summed E-state index contributed by atoms with van der Waals surface area (Å²) in [6.45, 7) is 3.37. The smallest absolute Gasteiger partial charge is 0.438 e. The molecule has 2 heterocycles. The van der Waals surface area contributed by atoms with Crippen LogP contribution in [0.25, 0.3) is 0 Å². The number of methoxy groups -OCH3 is 1. The second kappa shape index (κ2) is 4.41. The Labute approximate surface area is 98.5 Å². The third-order valence-electron chi connectivity index (χ3n) is 2.65. The van der Waals surface area contributed by atoms with E-state index in [2.05, 4.69) is 4.74 Å². The molecule has 0 radical (unpaired) electrons. The third-order valence-corrected chi connectivity index (χ3v) is 2.65. The zero-order chi connectivity index (χ0) is 12.6. The first kappa shape index (κ1) is 12.6. The molecule has 17 heavy (non-hydrogen) atoms. The van der Waals surface area contributed by atoms with Crippen molar-refractivity contribution in [3.05, 3.63) is 0 Å². The van der Waals surface area contributed by atoms with Gasteiger partial charge >= 0.3 is 6.16 Å². The van der Waals surface area contributed by atoms with E-state index in [-0.39, 0.29) is 6.61 Å². The molecule has 0 spiro atoms. The first-order chi connectivity index (χ1) is 7.93. The molecule has 2 aliphatic heterocycles. The average molecular weight is 248 g/mol. The maximum absolute atomic E-state index is 10.8. The van der Waals surface area contributed by atoms with Gasteiger partial charge in [0.25, 0.3) is 0 Å². The van der Waals surface area contributed by atoms with E-state index in [0.29, 0.717) is 0 Å². The van der Waals surface area contributed by atoms with Crippen molar-refractivity contribution in [3.63, 3.8) is 0 Å². The highest BCUT2D eigenvalue weighted by molar-refractivity contribution is 5.59. The molecule has 4 atom stereocenters. The van der Waals surface area contributed by atoms with E-state index in [1.807, 2.05) is 0 Å². The Morgan fingerprint density at radius 1 is 1.41 bits per heavy atom. The minimum absolute atomic E-state index is 0.103. The van der Waals surface area contributed by atoms with Crippen LogP contribution in [0.3, 0.4) is 0 Å². The second-order valence-electron chi connectivity index (χ2n) is 4.40. The molecule has 0 aromatic carbocycles. The first-order valence-corrected chi connectivity index (χ1v) is 5.33. The van der Waals surface area contributed by atoms with Gasteiger partial charge in [-0.25, -0.2) is 4.79 Å². The van der Waals surface area contributed by atoms with Crippen molar-refractivity contribution < 1.29 is 33.6 Å². The van der Waals surface area contributed by atoms with Crippen LogP contribution >= 0.6 is 0 Å². The van der Waals surface area contributed by atoms with Gasteiger partial charge in [0.2, 0.25) is 0 Å². The number of rotatable bonds is 2. The fourth-order valence-electron chi connectivity index (χ4n) is 1.91. The molecule has 7 heteroatoms. The molecule has 0 bridgehead atoms. The lowest BCUT2D eigenvalue weighted by atomic mass is 10.1. The summed E-state index contributed by atoms with van der Waals surface area (Å²) < 4.78 is 25.3. The topological polar surface area (TPSA) is 83.5 Å². The maximum Gasteiger partial charge on any atom is 0.508 e. The number of carbonyl (C=O) groups excluding carboxylic acids is 1.